The molecule has 1 heteroatoms. The predicted molar refractivity (Wildman–Crippen MR) is 96.2 cm³/mol. The minimum Gasteiger partial charge on any atom is -0.0677 e. The molecule has 2 aromatic carbocycles. The summed E-state index contributed by atoms with van der Waals surface area (Å²) in [4.78, 5) is 0. The van der Waals surface area contributed by atoms with Crippen molar-refractivity contribution in [3.8, 4) is 0 Å². The molecular weight excluding hydrogens is 268 g/mol. The van der Waals surface area contributed by atoms with Gasteiger partial charge in [-0.2, -0.15) is 0 Å². The van der Waals surface area contributed by atoms with Crippen LogP contribution in [-0.2, 0) is 12.1 Å². The minimum atomic E-state index is -1.27. The smallest absolute Gasteiger partial charge is 0.0620 e. The molecule has 0 fully saturated rings. The molecule has 0 radical (unpaired) electrons. The Morgan fingerprint density at radius 2 is 1.19 bits per heavy atom. The third-order valence-corrected chi connectivity index (χ3v) is 9.89. The molecular formula is C20H28Si. The Balaban J connectivity index is 2.20. The van der Waals surface area contributed by atoms with Crippen LogP contribution in [0.1, 0.15) is 37.8 Å². The second kappa shape index (κ2) is 8.19. The first-order chi connectivity index (χ1) is 10.3. The van der Waals surface area contributed by atoms with Gasteiger partial charge >= 0.3 is 0 Å². The van der Waals surface area contributed by atoms with Gasteiger partial charge < -0.3 is 0 Å². The fourth-order valence-electron chi connectivity index (χ4n) is 3.28. The first-order valence-corrected chi connectivity index (χ1v) is 11.2. The van der Waals surface area contributed by atoms with Crippen LogP contribution in [0.4, 0.5) is 0 Å². The lowest BCUT2D eigenvalue weighted by atomic mass is 10.2. The van der Waals surface area contributed by atoms with Gasteiger partial charge in [0.05, 0.1) is 8.07 Å². The van der Waals surface area contributed by atoms with Gasteiger partial charge in [-0.05, 0) is 12.1 Å². The first-order valence-electron chi connectivity index (χ1n) is 8.36. The lowest BCUT2D eigenvalue weighted by molar-refractivity contribution is 0.849. The quantitative estimate of drug-likeness (QED) is 0.538. The standard InChI is InChI=1S/C20H28Si/c1-3-5-16-21(4-2,17-19-12-8-6-9-13-19)18-20-14-10-7-11-15-20/h6-15H,3-5,16-18H2,1-2H3. The molecule has 0 saturated heterocycles. The molecule has 0 aliphatic heterocycles. The summed E-state index contributed by atoms with van der Waals surface area (Å²) in [5.74, 6) is 0. The van der Waals surface area contributed by atoms with Gasteiger partial charge in [0.15, 0.2) is 0 Å². The van der Waals surface area contributed by atoms with E-state index in [1.54, 1.807) is 0 Å². The monoisotopic (exact) mass is 296 g/mol. The summed E-state index contributed by atoms with van der Waals surface area (Å²) >= 11 is 0. The van der Waals surface area contributed by atoms with Crippen LogP contribution in [0.25, 0.3) is 0 Å². The zero-order valence-electron chi connectivity index (χ0n) is 13.5. The Morgan fingerprint density at radius 1 is 0.714 bits per heavy atom. The summed E-state index contributed by atoms with van der Waals surface area (Å²) in [5.41, 5.74) is 3.08. The van der Waals surface area contributed by atoms with E-state index in [2.05, 4.69) is 74.5 Å². The molecule has 0 aromatic heterocycles. The van der Waals surface area contributed by atoms with Gasteiger partial charge in [-0.3, -0.25) is 0 Å². The van der Waals surface area contributed by atoms with Crippen LogP contribution in [0, 0.1) is 0 Å². The van der Waals surface area contributed by atoms with Gasteiger partial charge in [0.1, 0.15) is 0 Å². The van der Waals surface area contributed by atoms with Gasteiger partial charge in [-0.15, -0.1) is 0 Å². The Labute approximate surface area is 131 Å². The Kier molecular flexibility index (Phi) is 6.25. The largest absolute Gasteiger partial charge is 0.0677 e. The van der Waals surface area contributed by atoms with Gasteiger partial charge in [0.2, 0.25) is 0 Å². The van der Waals surface area contributed by atoms with Crippen molar-refractivity contribution >= 4 is 8.07 Å². The summed E-state index contributed by atoms with van der Waals surface area (Å²) < 4.78 is 0. The van der Waals surface area contributed by atoms with Crippen molar-refractivity contribution < 1.29 is 0 Å². The average molecular weight is 297 g/mol. The number of hydrogen-bond donors (Lipinski definition) is 0. The van der Waals surface area contributed by atoms with Crippen molar-refractivity contribution in [1.82, 2.24) is 0 Å². The molecule has 21 heavy (non-hydrogen) atoms. The van der Waals surface area contributed by atoms with Crippen molar-refractivity contribution in [2.45, 2.75) is 50.9 Å². The molecule has 0 N–H and O–H groups in total. The van der Waals surface area contributed by atoms with E-state index in [4.69, 9.17) is 0 Å². The van der Waals surface area contributed by atoms with E-state index in [9.17, 15) is 0 Å². The van der Waals surface area contributed by atoms with E-state index < -0.39 is 8.07 Å². The first kappa shape index (κ1) is 16.0. The van der Waals surface area contributed by atoms with Crippen LogP contribution in [0.15, 0.2) is 60.7 Å². The molecule has 0 amide bonds. The maximum absolute atomic E-state index is 2.42. The van der Waals surface area contributed by atoms with Crippen LogP contribution < -0.4 is 0 Å². The molecule has 2 rings (SSSR count). The third kappa shape index (κ3) is 4.85. The van der Waals surface area contributed by atoms with E-state index in [0.717, 1.165) is 0 Å². The molecule has 0 atom stereocenters. The highest BCUT2D eigenvalue weighted by atomic mass is 28.3. The molecule has 2 aromatic rings. The lowest BCUT2D eigenvalue weighted by Crippen LogP contribution is -2.39. The highest BCUT2D eigenvalue weighted by Crippen LogP contribution is 2.27. The van der Waals surface area contributed by atoms with Gasteiger partial charge in [0, 0.05) is 0 Å². The minimum absolute atomic E-state index is 1.27. The van der Waals surface area contributed by atoms with Gasteiger partial charge in [-0.1, -0.05) is 111 Å². The van der Waals surface area contributed by atoms with Gasteiger partial charge in [0.25, 0.3) is 0 Å². The Bertz CT molecular complexity index is 462. The summed E-state index contributed by atoms with van der Waals surface area (Å²) in [7, 11) is -1.27. The van der Waals surface area contributed by atoms with Crippen molar-refractivity contribution in [3.05, 3.63) is 71.8 Å². The van der Waals surface area contributed by atoms with Crippen LogP contribution in [-0.4, -0.2) is 8.07 Å². The molecule has 0 aliphatic carbocycles. The SMILES string of the molecule is CCCC[Si](CC)(Cc1ccccc1)Cc1ccccc1. The van der Waals surface area contributed by atoms with Gasteiger partial charge in [-0.25, -0.2) is 0 Å². The maximum atomic E-state index is 2.42. The molecule has 0 spiro atoms. The number of hydrogen-bond acceptors (Lipinski definition) is 0. The van der Waals surface area contributed by atoms with Crippen molar-refractivity contribution in [1.29, 1.82) is 0 Å². The Hall–Kier alpha value is -1.34. The van der Waals surface area contributed by atoms with Crippen LogP contribution in [0.5, 0.6) is 0 Å². The molecule has 0 unspecified atom stereocenters. The van der Waals surface area contributed by atoms with E-state index in [0.29, 0.717) is 0 Å². The van der Waals surface area contributed by atoms with E-state index in [-0.39, 0.29) is 0 Å². The topological polar surface area (TPSA) is 0 Å². The predicted octanol–water partition coefficient (Wildman–Crippen LogP) is 5.82. The fourth-order valence-corrected chi connectivity index (χ4v) is 7.91. The molecule has 0 aliphatic rings. The third-order valence-electron chi connectivity index (χ3n) is 4.65. The molecule has 0 saturated carbocycles. The van der Waals surface area contributed by atoms with E-state index >= 15 is 0 Å². The second-order valence-electron chi connectivity index (χ2n) is 6.28. The number of unbranched alkanes of at least 4 members (excludes halogenated alkanes) is 1. The van der Waals surface area contributed by atoms with E-state index in [1.165, 1.54) is 48.1 Å². The van der Waals surface area contributed by atoms with Crippen LogP contribution in [0.3, 0.4) is 0 Å². The lowest BCUT2D eigenvalue weighted by Gasteiger charge is -2.31. The maximum Gasteiger partial charge on any atom is 0.0620 e. The summed E-state index contributed by atoms with van der Waals surface area (Å²) in [5, 5.41) is 0. The van der Waals surface area contributed by atoms with Crippen LogP contribution >= 0.6 is 0 Å². The van der Waals surface area contributed by atoms with Crippen molar-refractivity contribution in [2.24, 2.45) is 0 Å². The van der Waals surface area contributed by atoms with Crippen LogP contribution in [0.2, 0.25) is 12.1 Å². The van der Waals surface area contributed by atoms with Crippen molar-refractivity contribution in [2.75, 3.05) is 0 Å². The van der Waals surface area contributed by atoms with E-state index in [1.807, 2.05) is 0 Å². The molecule has 0 nitrogen and oxygen atoms in total. The zero-order valence-corrected chi connectivity index (χ0v) is 14.5. The number of benzene rings is 2. The normalized spacial score (nSPS) is 11.5. The summed E-state index contributed by atoms with van der Waals surface area (Å²) in [6.07, 6.45) is 2.71. The highest BCUT2D eigenvalue weighted by Gasteiger charge is 2.30. The fraction of sp³-hybridized carbons (Fsp3) is 0.400. The summed E-state index contributed by atoms with van der Waals surface area (Å²) in [6.45, 7) is 4.74. The average Bonchev–Trinajstić information content (AvgIpc) is 2.54. The molecule has 0 bridgehead atoms. The number of rotatable bonds is 8. The molecule has 112 valence electrons. The zero-order chi connectivity index (χ0) is 15.0. The summed E-state index contributed by atoms with van der Waals surface area (Å²) in [6, 6.07) is 27.8. The molecule has 0 heterocycles. The Morgan fingerprint density at radius 3 is 1.57 bits per heavy atom. The highest BCUT2D eigenvalue weighted by molar-refractivity contribution is 6.78. The van der Waals surface area contributed by atoms with Crippen molar-refractivity contribution in [3.63, 3.8) is 0 Å². The second-order valence-corrected chi connectivity index (χ2v) is 11.2.